The molecule has 2 aromatic rings. The molecule has 0 saturated heterocycles. The van der Waals surface area contributed by atoms with E-state index in [1.165, 1.54) is 18.3 Å². The Morgan fingerprint density at radius 1 is 1.12 bits per heavy atom. The molecule has 0 radical (unpaired) electrons. The van der Waals surface area contributed by atoms with Crippen molar-refractivity contribution in [3.05, 3.63) is 66.2 Å². The lowest BCUT2D eigenvalue weighted by Crippen LogP contribution is -2.34. The van der Waals surface area contributed by atoms with Gasteiger partial charge in [0.15, 0.2) is 0 Å². The highest BCUT2D eigenvalue weighted by atomic mass is 32.2. The molecule has 26 heavy (non-hydrogen) atoms. The van der Waals surface area contributed by atoms with Crippen LogP contribution in [-0.2, 0) is 14.8 Å². The molecule has 0 unspecified atom stereocenters. The highest BCUT2D eigenvalue weighted by Gasteiger charge is 2.14. The molecule has 0 heterocycles. The van der Waals surface area contributed by atoms with Crippen molar-refractivity contribution in [3.63, 3.8) is 0 Å². The second kappa shape index (κ2) is 9.50. The summed E-state index contributed by atoms with van der Waals surface area (Å²) in [6, 6.07) is 15.2. The van der Waals surface area contributed by atoms with E-state index in [2.05, 4.69) is 15.2 Å². The van der Waals surface area contributed by atoms with Crippen molar-refractivity contribution in [3.8, 4) is 5.75 Å². The topological polar surface area (TPSA) is 96.9 Å². The van der Waals surface area contributed by atoms with Crippen LogP contribution in [0.5, 0.6) is 5.75 Å². The number of hydrogen-bond acceptors (Lipinski definition) is 5. The van der Waals surface area contributed by atoms with Crippen LogP contribution >= 0.6 is 0 Å². The summed E-state index contributed by atoms with van der Waals surface area (Å²) in [5, 5.41) is 3.73. The van der Waals surface area contributed by atoms with Gasteiger partial charge >= 0.3 is 0 Å². The van der Waals surface area contributed by atoms with E-state index in [9.17, 15) is 13.2 Å². The molecule has 0 bridgehead atoms. The molecule has 7 nitrogen and oxygen atoms in total. The van der Waals surface area contributed by atoms with Gasteiger partial charge in [-0.25, -0.2) is 18.6 Å². The number of hydrogen-bond donors (Lipinski definition) is 2. The maximum Gasteiger partial charge on any atom is 0.255 e. The largest absolute Gasteiger partial charge is 0.496 e. The van der Waals surface area contributed by atoms with Gasteiger partial charge in [0.25, 0.3) is 5.91 Å². The molecule has 8 heteroatoms. The first-order chi connectivity index (χ1) is 12.5. The van der Waals surface area contributed by atoms with E-state index in [1.807, 2.05) is 24.3 Å². The predicted molar refractivity (Wildman–Crippen MR) is 100 cm³/mol. The van der Waals surface area contributed by atoms with Gasteiger partial charge in [-0.15, -0.1) is 0 Å². The monoisotopic (exact) mass is 373 g/mol. The lowest BCUT2D eigenvalue weighted by Gasteiger charge is -2.05. The predicted octanol–water partition coefficient (Wildman–Crippen LogP) is 1.79. The molecule has 0 atom stereocenters. The van der Waals surface area contributed by atoms with Gasteiger partial charge in [0, 0.05) is 11.8 Å². The van der Waals surface area contributed by atoms with Crippen molar-refractivity contribution < 1.29 is 17.9 Å². The third-order valence-corrected chi connectivity index (χ3v) is 4.66. The average molecular weight is 373 g/mol. The van der Waals surface area contributed by atoms with E-state index in [1.54, 1.807) is 37.5 Å². The van der Waals surface area contributed by atoms with Gasteiger partial charge < -0.3 is 4.74 Å². The van der Waals surface area contributed by atoms with Crippen molar-refractivity contribution in [2.24, 2.45) is 5.10 Å². The van der Waals surface area contributed by atoms with E-state index in [0.29, 0.717) is 0 Å². The Bertz CT molecular complexity index is 894. The second-order valence-corrected chi connectivity index (χ2v) is 6.82. The fourth-order valence-electron chi connectivity index (χ4n) is 1.99. The first kappa shape index (κ1) is 19.4. The number of hydrazone groups is 1. The van der Waals surface area contributed by atoms with Gasteiger partial charge in [0.05, 0.1) is 18.6 Å². The van der Waals surface area contributed by atoms with Crippen molar-refractivity contribution >= 4 is 28.2 Å². The molecule has 0 aliphatic heterocycles. The number of benzene rings is 2. The van der Waals surface area contributed by atoms with E-state index < -0.39 is 22.5 Å². The van der Waals surface area contributed by atoms with Gasteiger partial charge in [0.2, 0.25) is 10.0 Å². The summed E-state index contributed by atoms with van der Waals surface area (Å²) in [7, 11) is -2.14. The number of carbonyl (C=O) groups is 1. The minimum atomic E-state index is -3.72. The Morgan fingerprint density at radius 2 is 1.81 bits per heavy atom. The number of nitrogens with one attached hydrogen (secondary N) is 2. The molecule has 0 aromatic heterocycles. The van der Waals surface area contributed by atoms with Crippen molar-refractivity contribution in [2.75, 3.05) is 13.7 Å². The number of rotatable bonds is 8. The van der Waals surface area contributed by atoms with Crippen molar-refractivity contribution in [2.45, 2.75) is 4.90 Å². The third kappa shape index (κ3) is 5.83. The van der Waals surface area contributed by atoms with Gasteiger partial charge in [0.1, 0.15) is 5.75 Å². The van der Waals surface area contributed by atoms with Crippen LogP contribution in [0, 0.1) is 0 Å². The summed E-state index contributed by atoms with van der Waals surface area (Å²) < 4.78 is 31.4. The summed E-state index contributed by atoms with van der Waals surface area (Å²) in [6.07, 6.45) is 4.79. The average Bonchev–Trinajstić information content (AvgIpc) is 2.67. The van der Waals surface area contributed by atoms with Gasteiger partial charge in [-0.3, -0.25) is 4.79 Å². The van der Waals surface area contributed by atoms with Crippen LogP contribution in [0.1, 0.15) is 5.56 Å². The number of amides is 1. The van der Waals surface area contributed by atoms with Gasteiger partial charge in [-0.2, -0.15) is 5.10 Å². The number of methoxy groups -OCH3 is 1. The summed E-state index contributed by atoms with van der Waals surface area (Å²) >= 11 is 0. The van der Waals surface area contributed by atoms with Crippen LogP contribution in [0.2, 0.25) is 0 Å². The number of nitrogens with zero attached hydrogens (tertiary/aromatic N) is 1. The number of carbonyl (C=O) groups excluding carboxylic acids is 1. The van der Waals surface area contributed by atoms with E-state index >= 15 is 0 Å². The summed E-state index contributed by atoms with van der Waals surface area (Å²) in [4.78, 5) is 11.8. The normalized spacial score (nSPS) is 11.7. The fraction of sp³-hybridized carbons (Fsp3) is 0.111. The lowest BCUT2D eigenvalue weighted by molar-refractivity contribution is -0.119. The molecular formula is C18H19N3O4S. The minimum Gasteiger partial charge on any atom is -0.496 e. The second-order valence-electron chi connectivity index (χ2n) is 5.05. The first-order valence-electron chi connectivity index (χ1n) is 7.69. The zero-order valence-electron chi connectivity index (χ0n) is 14.1. The van der Waals surface area contributed by atoms with E-state index in [-0.39, 0.29) is 4.90 Å². The Kier molecular flexibility index (Phi) is 7.07. The van der Waals surface area contributed by atoms with Crippen LogP contribution in [0.3, 0.4) is 0 Å². The Morgan fingerprint density at radius 3 is 2.54 bits per heavy atom. The molecule has 0 saturated carbocycles. The third-order valence-electron chi connectivity index (χ3n) is 3.24. The highest BCUT2D eigenvalue weighted by molar-refractivity contribution is 7.89. The Balaban J connectivity index is 1.81. The molecule has 2 aromatic carbocycles. The number of para-hydroxylation sites is 1. The first-order valence-corrected chi connectivity index (χ1v) is 9.17. The molecule has 0 aliphatic carbocycles. The molecule has 0 fully saturated rings. The zero-order chi connectivity index (χ0) is 18.8. The maximum atomic E-state index is 12.0. The molecule has 2 N–H and O–H groups in total. The van der Waals surface area contributed by atoms with Crippen LogP contribution < -0.4 is 14.9 Å². The van der Waals surface area contributed by atoms with E-state index in [0.717, 1.165) is 11.3 Å². The van der Waals surface area contributed by atoms with Gasteiger partial charge in [-0.05, 0) is 30.4 Å². The van der Waals surface area contributed by atoms with Crippen molar-refractivity contribution in [1.29, 1.82) is 0 Å². The SMILES string of the molecule is COc1ccccc1/C=C/C=N\NC(=O)CNS(=O)(=O)c1ccccc1. The number of allylic oxidation sites excluding steroid dienone is 1. The van der Waals surface area contributed by atoms with Crippen LogP contribution in [0.4, 0.5) is 0 Å². The van der Waals surface area contributed by atoms with E-state index in [4.69, 9.17) is 4.74 Å². The molecule has 136 valence electrons. The number of ether oxygens (including phenoxy) is 1. The van der Waals surface area contributed by atoms with Crippen LogP contribution in [0.15, 0.2) is 70.7 Å². The summed E-state index contributed by atoms with van der Waals surface area (Å²) in [5.74, 6) is 0.142. The van der Waals surface area contributed by atoms with Crippen LogP contribution in [0.25, 0.3) is 6.08 Å². The summed E-state index contributed by atoms with van der Waals surface area (Å²) in [5.41, 5.74) is 3.11. The summed E-state index contributed by atoms with van der Waals surface area (Å²) in [6.45, 7) is -0.412. The fourth-order valence-corrected chi connectivity index (χ4v) is 2.99. The standard InChI is InChI=1S/C18H19N3O4S/c1-25-17-12-6-5-8-15(17)9-7-13-19-21-18(22)14-20-26(23,24)16-10-3-2-4-11-16/h2-13,20H,14H2,1H3,(H,21,22)/b9-7+,19-13-. The van der Waals surface area contributed by atoms with Gasteiger partial charge in [-0.1, -0.05) is 36.4 Å². The highest BCUT2D eigenvalue weighted by Crippen LogP contribution is 2.18. The maximum absolute atomic E-state index is 12.0. The lowest BCUT2D eigenvalue weighted by atomic mass is 10.2. The quantitative estimate of drug-likeness (QED) is 0.545. The Labute approximate surface area is 152 Å². The van der Waals surface area contributed by atoms with Crippen LogP contribution in [-0.4, -0.2) is 34.2 Å². The number of sulfonamides is 1. The zero-order valence-corrected chi connectivity index (χ0v) is 14.9. The molecule has 0 aliphatic rings. The van der Waals surface area contributed by atoms with Crippen molar-refractivity contribution in [1.82, 2.24) is 10.1 Å². The molecule has 1 amide bonds. The molecule has 2 rings (SSSR count). The minimum absolute atomic E-state index is 0.0936. The molecular weight excluding hydrogens is 354 g/mol. The molecule has 0 spiro atoms. The Hall–Kier alpha value is -2.97. The smallest absolute Gasteiger partial charge is 0.255 e.